The zero-order valence-corrected chi connectivity index (χ0v) is 25.6. The minimum Gasteiger partial charge on any atom is -0.489 e. The highest BCUT2D eigenvalue weighted by atomic mass is 32.1. The van der Waals surface area contributed by atoms with Crippen molar-refractivity contribution in [1.82, 2.24) is 15.3 Å². The van der Waals surface area contributed by atoms with E-state index in [4.69, 9.17) is 15.5 Å². The van der Waals surface area contributed by atoms with Crippen molar-refractivity contribution in [3.63, 3.8) is 0 Å². The van der Waals surface area contributed by atoms with Crippen LogP contribution in [0.5, 0.6) is 5.75 Å². The number of nitrogens with one attached hydrogen (secondary N) is 1. The summed E-state index contributed by atoms with van der Waals surface area (Å²) in [5.74, 6) is -0.540. The van der Waals surface area contributed by atoms with Crippen molar-refractivity contribution in [3.05, 3.63) is 70.7 Å². The van der Waals surface area contributed by atoms with Crippen LogP contribution in [0.3, 0.4) is 0 Å². The molecule has 1 aliphatic heterocycles. The lowest BCUT2D eigenvalue weighted by Crippen LogP contribution is -2.48. The van der Waals surface area contributed by atoms with Gasteiger partial charge in [-0.2, -0.15) is 0 Å². The summed E-state index contributed by atoms with van der Waals surface area (Å²) >= 11 is 1.30. The number of nitrogen functional groups attached to an aromatic ring is 1. The maximum Gasteiger partial charge on any atom is 0.234 e. The maximum absolute atomic E-state index is 14.2. The van der Waals surface area contributed by atoms with Crippen molar-refractivity contribution in [2.24, 2.45) is 0 Å². The lowest BCUT2D eigenvalue weighted by molar-refractivity contribution is -0.127. The number of amides is 1. The second-order valence-electron chi connectivity index (χ2n) is 12.2. The number of halogens is 1. The number of carbonyl (C=O) groups is 2. The van der Waals surface area contributed by atoms with Gasteiger partial charge in [-0.25, -0.2) is 14.4 Å². The number of thiazole rings is 1. The summed E-state index contributed by atoms with van der Waals surface area (Å²) in [5.41, 5.74) is 5.20. The Kier molecular flexibility index (Phi) is 7.78. The number of benzene rings is 2. The lowest BCUT2D eigenvalue weighted by Gasteiger charge is -2.27. The van der Waals surface area contributed by atoms with Gasteiger partial charge < -0.3 is 26.0 Å². The third-order valence-electron chi connectivity index (χ3n) is 7.80. The first kappa shape index (κ1) is 30.5. The van der Waals surface area contributed by atoms with E-state index in [0.717, 1.165) is 4.70 Å². The number of aromatic nitrogens is 2. The maximum atomic E-state index is 14.2. The zero-order chi connectivity index (χ0) is 31.3. The molecule has 226 valence electrons. The quantitative estimate of drug-likeness (QED) is 0.199. The molecule has 43 heavy (non-hydrogen) atoms. The number of pyridine rings is 1. The molecule has 0 radical (unpaired) electrons. The first-order chi connectivity index (χ1) is 20.1. The number of carbonyl (C=O) groups excluding carboxylic acids is 2. The number of nitrogens with zero attached hydrogens (tertiary/aromatic N) is 2. The predicted octanol–water partition coefficient (Wildman–Crippen LogP) is 4.80. The third-order valence-corrected chi connectivity index (χ3v) is 8.65. The molecule has 4 aromatic rings. The van der Waals surface area contributed by atoms with Gasteiger partial charge in [-0.05, 0) is 89.1 Å². The average Bonchev–Trinajstić information content (AvgIpc) is 3.50. The van der Waals surface area contributed by atoms with Crippen LogP contribution in [0, 0.1) is 12.7 Å². The molecule has 9 nitrogen and oxygen atoms in total. The van der Waals surface area contributed by atoms with Crippen LogP contribution in [0.1, 0.15) is 67.7 Å². The van der Waals surface area contributed by atoms with Crippen LogP contribution in [0.2, 0.25) is 0 Å². The summed E-state index contributed by atoms with van der Waals surface area (Å²) < 4.78 is 21.0. The topological polar surface area (TPSA) is 148 Å². The Bertz CT molecular complexity index is 1750. The average molecular weight is 607 g/mol. The summed E-state index contributed by atoms with van der Waals surface area (Å²) in [6.45, 7) is 8.15. The fraction of sp³-hybridized carbons (Fsp3) is 0.375. The van der Waals surface area contributed by atoms with Gasteiger partial charge in [-0.15, -0.1) is 0 Å². The minimum atomic E-state index is -1.57. The Hall–Kier alpha value is -3.93. The molecule has 2 aromatic heterocycles. The number of hydrogen-bond donors (Lipinski definition) is 4. The Morgan fingerprint density at radius 2 is 1.88 bits per heavy atom. The number of aryl methyl sites for hydroxylation is 1. The molecule has 1 amide bonds. The summed E-state index contributed by atoms with van der Waals surface area (Å²) in [6, 6.07) is 11.4. The molecule has 5 rings (SSSR count). The van der Waals surface area contributed by atoms with Gasteiger partial charge in [0.2, 0.25) is 5.91 Å². The Morgan fingerprint density at radius 1 is 1.14 bits per heavy atom. The highest BCUT2D eigenvalue weighted by Crippen LogP contribution is 2.46. The SMILES string of the molecule is Cc1cc(-c2nc([C@@](C)(O)CCC(=O)c3ccc4nc(N)sc4c3)cc3c2OC[C@]3(C)C(=O)NCC(C)(C)O)ccc1F. The van der Waals surface area contributed by atoms with E-state index in [1.54, 1.807) is 71.0 Å². The van der Waals surface area contributed by atoms with Gasteiger partial charge in [0.25, 0.3) is 0 Å². The van der Waals surface area contributed by atoms with E-state index in [2.05, 4.69) is 10.3 Å². The fourth-order valence-electron chi connectivity index (χ4n) is 5.07. The summed E-state index contributed by atoms with van der Waals surface area (Å²) in [5, 5.41) is 25.1. The molecule has 1 aliphatic rings. The van der Waals surface area contributed by atoms with E-state index in [0.29, 0.717) is 44.3 Å². The zero-order valence-electron chi connectivity index (χ0n) is 24.7. The number of Topliss-reactive ketones (excluding diaryl/α,β-unsaturated/α-hetero) is 1. The smallest absolute Gasteiger partial charge is 0.234 e. The molecule has 0 unspecified atom stereocenters. The van der Waals surface area contributed by atoms with Crippen molar-refractivity contribution in [3.8, 4) is 17.0 Å². The largest absolute Gasteiger partial charge is 0.489 e. The molecule has 2 aromatic carbocycles. The standard InChI is InChI=1S/C32H35FN4O5S/c1-17-12-19(6-8-21(17)33)26-27-20(31(4,16-42-27)28(39)35-15-30(2,3)40)14-25(37-26)32(5,41)11-10-23(38)18-7-9-22-24(13-18)43-29(34)36-22/h6-9,12-14,40-41H,10-11,15-16H2,1-5H3,(H2,34,36)(H,35,39)/t31-,32-/m0/s1. The lowest BCUT2D eigenvalue weighted by atomic mass is 9.81. The predicted molar refractivity (Wildman–Crippen MR) is 164 cm³/mol. The van der Waals surface area contributed by atoms with Gasteiger partial charge in [0.05, 0.1) is 21.5 Å². The van der Waals surface area contributed by atoms with Crippen LogP contribution >= 0.6 is 11.3 Å². The van der Waals surface area contributed by atoms with Crippen molar-refractivity contribution < 1.29 is 28.9 Å². The normalized spacial score (nSPS) is 17.8. The van der Waals surface area contributed by atoms with Crippen LogP contribution < -0.4 is 15.8 Å². The molecule has 0 fully saturated rings. The third kappa shape index (κ3) is 6.11. The van der Waals surface area contributed by atoms with E-state index in [9.17, 15) is 24.2 Å². The summed E-state index contributed by atoms with van der Waals surface area (Å²) in [7, 11) is 0. The molecular formula is C32H35FN4O5S. The molecule has 0 bridgehead atoms. The molecule has 0 saturated carbocycles. The molecule has 3 heterocycles. The highest BCUT2D eigenvalue weighted by Gasteiger charge is 2.46. The highest BCUT2D eigenvalue weighted by molar-refractivity contribution is 7.22. The van der Waals surface area contributed by atoms with E-state index >= 15 is 0 Å². The summed E-state index contributed by atoms with van der Waals surface area (Å²) in [4.78, 5) is 35.6. The molecule has 0 spiro atoms. The van der Waals surface area contributed by atoms with E-state index < -0.39 is 16.6 Å². The first-order valence-electron chi connectivity index (χ1n) is 13.9. The van der Waals surface area contributed by atoms with Crippen LogP contribution in [-0.4, -0.2) is 50.6 Å². The number of ketones is 1. The molecule has 11 heteroatoms. The van der Waals surface area contributed by atoms with E-state index in [1.165, 1.54) is 17.4 Å². The van der Waals surface area contributed by atoms with Gasteiger partial charge in [0.1, 0.15) is 34.9 Å². The number of fused-ring (bicyclic) bond motifs is 2. The number of ether oxygens (including phenoxy) is 1. The van der Waals surface area contributed by atoms with Crippen LogP contribution in [-0.2, 0) is 15.8 Å². The number of nitrogens with two attached hydrogens (primary N) is 1. The van der Waals surface area contributed by atoms with E-state index in [-0.39, 0.29) is 49.2 Å². The summed E-state index contributed by atoms with van der Waals surface area (Å²) in [6.07, 6.45) is 0.0707. The van der Waals surface area contributed by atoms with Gasteiger partial charge in [0, 0.05) is 29.7 Å². The van der Waals surface area contributed by atoms with Crippen molar-refractivity contribution in [2.45, 2.75) is 64.1 Å². The molecular weight excluding hydrogens is 571 g/mol. The van der Waals surface area contributed by atoms with Gasteiger partial charge in [-0.3, -0.25) is 9.59 Å². The second-order valence-corrected chi connectivity index (χ2v) is 13.3. The van der Waals surface area contributed by atoms with Gasteiger partial charge in [0.15, 0.2) is 10.9 Å². The Labute approximate surface area is 252 Å². The molecule has 0 aliphatic carbocycles. The fourth-order valence-corrected chi connectivity index (χ4v) is 5.85. The van der Waals surface area contributed by atoms with E-state index in [1.807, 2.05) is 0 Å². The number of rotatable bonds is 9. The van der Waals surface area contributed by atoms with Crippen LogP contribution in [0.4, 0.5) is 9.52 Å². The number of hydrogen-bond acceptors (Lipinski definition) is 9. The Balaban J connectivity index is 1.50. The molecule has 0 saturated heterocycles. The Morgan fingerprint density at radius 3 is 2.58 bits per heavy atom. The van der Waals surface area contributed by atoms with Crippen molar-refractivity contribution in [1.29, 1.82) is 0 Å². The van der Waals surface area contributed by atoms with Crippen LogP contribution in [0.15, 0.2) is 42.5 Å². The van der Waals surface area contributed by atoms with Crippen molar-refractivity contribution in [2.75, 3.05) is 18.9 Å². The minimum absolute atomic E-state index is 0.00350. The van der Waals surface area contributed by atoms with Gasteiger partial charge >= 0.3 is 0 Å². The number of aliphatic hydroxyl groups is 2. The number of anilines is 1. The molecule has 2 atom stereocenters. The first-order valence-corrected chi connectivity index (χ1v) is 14.8. The molecule has 5 N–H and O–H groups in total. The monoisotopic (exact) mass is 606 g/mol. The van der Waals surface area contributed by atoms with Gasteiger partial charge in [-0.1, -0.05) is 11.3 Å². The van der Waals surface area contributed by atoms with Crippen molar-refractivity contribution >= 4 is 38.4 Å². The van der Waals surface area contributed by atoms with Crippen LogP contribution in [0.25, 0.3) is 21.5 Å². The second kappa shape index (κ2) is 11.0.